The first-order valence-corrected chi connectivity index (χ1v) is 5.28. The number of hydrogen-bond donors (Lipinski definition) is 2. The van der Waals surface area contributed by atoms with Gasteiger partial charge in [-0.15, -0.1) is 0 Å². The molecule has 92 valence electrons. The van der Waals surface area contributed by atoms with Crippen LogP contribution in [0.4, 0.5) is 4.39 Å². The molecule has 5 heteroatoms. The molecule has 0 aromatic heterocycles. The number of aliphatic carboxylic acids is 1. The lowest BCUT2D eigenvalue weighted by Gasteiger charge is -2.05. The average Bonchev–Trinajstić information content (AvgIpc) is 2.29. The summed E-state index contributed by atoms with van der Waals surface area (Å²) in [7, 11) is 0. The molecule has 0 unspecified atom stereocenters. The second-order valence-corrected chi connectivity index (χ2v) is 3.77. The first-order valence-electron chi connectivity index (χ1n) is 5.28. The molecule has 17 heavy (non-hydrogen) atoms. The van der Waals surface area contributed by atoms with E-state index in [9.17, 15) is 14.0 Å². The van der Waals surface area contributed by atoms with Gasteiger partial charge in [-0.25, -0.2) is 4.39 Å². The van der Waals surface area contributed by atoms with Crippen LogP contribution in [-0.4, -0.2) is 22.9 Å². The highest BCUT2D eigenvalue weighted by molar-refractivity contribution is 5.95. The maximum absolute atomic E-state index is 12.6. The van der Waals surface area contributed by atoms with Crippen LogP contribution in [0.15, 0.2) is 24.3 Å². The summed E-state index contributed by atoms with van der Waals surface area (Å²) in [6.45, 7) is 0. The summed E-state index contributed by atoms with van der Waals surface area (Å²) in [5, 5.41) is 8.54. The zero-order valence-electron chi connectivity index (χ0n) is 9.23. The molecule has 0 saturated carbocycles. The van der Waals surface area contributed by atoms with E-state index in [1.54, 1.807) is 0 Å². The predicted molar refractivity (Wildman–Crippen MR) is 60.2 cm³/mol. The Bertz CT molecular complexity index is 403. The van der Waals surface area contributed by atoms with Crippen LogP contribution in [0.1, 0.15) is 29.6 Å². The molecule has 1 rings (SSSR count). The van der Waals surface area contributed by atoms with E-state index in [2.05, 4.69) is 0 Å². The highest BCUT2D eigenvalue weighted by Crippen LogP contribution is 2.09. The Morgan fingerprint density at radius 3 is 2.41 bits per heavy atom. The van der Waals surface area contributed by atoms with Crippen molar-refractivity contribution >= 4 is 11.8 Å². The van der Waals surface area contributed by atoms with Gasteiger partial charge in [0.1, 0.15) is 11.9 Å². The van der Waals surface area contributed by atoms with Crippen molar-refractivity contribution in [3.63, 3.8) is 0 Å². The number of carbonyl (C=O) groups excluding carboxylic acids is 1. The monoisotopic (exact) mass is 239 g/mol. The first kappa shape index (κ1) is 13.3. The van der Waals surface area contributed by atoms with Crippen molar-refractivity contribution in [3.8, 4) is 0 Å². The van der Waals surface area contributed by atoms with Gasteiger partial charge in [0.05, 0.1) is 0 Å². The number of carboxylic acids is 1. The van der Waals surface area contributed by atoms with Gasteiger partial charge >= 0.3 is 5.97 Å². The number of benzene rings is 1. The summed E-state index contributed by atoms with van der Waals surface area (Å²) in [4.78, 5) is 22.0. The summed E-state index contributed by atoms with van der Waals surface area (Å²) < 4.78 is 12.6. The van der Waals surface area contributed by atoms with Crippen molar-refractivity contribution in [1.82, 2.24) is 0 Å². The Hall–Kier alpha value is -1.75. The first-order chi connectivity index (χ1) is 8.00. The van der Waals surface area contributed by atoms with E-state index in [0.29, 0.717) is 12.0 Å². The number of nitrogens with two attached hydrogens (primary N) is 1. The summed E-state index contributed by atoms with van der Waals surface area (Å²) in [6, 6.07) is 4.33. The van der Waals surface area contributed by atoms with Gasteiger partial charge < -0.3 is 10.8 Å². The quantitative estimate of drug-likeness (QED) is 0.739. The minimum Gasteiger partial charge on any atom is -0.480 e. The number of hydrogen-bond acceptors (Lipinski definition) is 3. The third-order valence-electron chi connectivity index (χ3n) is 2.40. The van der Waals surface area contributed by atoms with Gasteiger partial charge in [0.25, 0.3) is 0 Å². The topological polar surface area (TPSA) is 80.4 Å². The van der Waals surface area contributed by atoms with E-state index in [1.165, 1.54) is 24.3 Å². The Morgan fingerprint density at radius 2 is 1.88 bits per heavy atom. The fourth-order valence-electron chi connectivity index (χ4n) is 1.39. The van der Waals surface area contributed by atoms with Crippen LogP contribution >= 0.6 is 0 Å². The Morgan fingerprint density at radius 1 is 1.29 bits per heavy atom. The fourth-order valence-corrected chi connectivity index (χ4v) is 1.39. The van der Waals surface area contributed by atoms with Crippen LogP contribution < -0.4 is 5.73 Å². The number of halogens is 1. The zero-order chi connectivity index (χ0) is 12.8. The Kier molecular flexibility index (Phi) is 4.78. The van der Waals surface area contributed by atoms with Gasteiger partial charge in [-0.2, -0.15) is 0 Å². The van der Waals surface area contributed by atoms with Gasteiger partial charge in [-0.05, 0) is 37.1 Å². The van der Waals surface area contributed by atoms with Gasteiger partial charge in [0.15, 0.2) is 5.78 Å². The zero-order valence-corrected chi connectivity index (χ0v) is 9.23. The van der Waals surface area contributed by atoms with Crippen LogP contribution in [0.25, 0.3) is 0 Å². The smallest absolute Gasteiger partial charge is 0.320 e. The van der Waals surface area contributed by atoms with Crippen molar-refractivity contribution in [2.24, 2.45) is 5.73 Å². The number of ketones is 1. The van der Waals surface area contributed by atoms with E-state index in [4.69, 9.17) is 10.8 Å². The van der Waals surface area contributed by atoms with Gasteiger partial charge in [0, 0.05) is 12.0 Å². The molecule has 0 aliphatic heterocycles. The van der Waals surface area contributed by atoms with E-state index < -0.39 is 17.8 Å². The highest BCUT2D eigenvalue weighted by Gasteiger charge is 2.12. The number of carbonyl (C=O) groups is 2. The molecule has 0 amide bonds. The minimum absolute atomic E-state index is 0.136. The molecule has 0 aliphatic rings. The lowest BCUT2D eigenvalue weighted by molar-refractivity contribution is -0.138. The largest absolute Gasteiger partial charge is 0.480 e. The van der Waals surface area contributed by atoms with Crippen molar-refractivity contribution in [2.45, 2.75) is 25.3 Å². The van der Waals surface area contributed by atoms with E-state index in [0.717, 1.165) is 0 Å². The third kappa shape index (κ3) is 4.32. The van der Waals surface area contributed by atoms with Crippen molar-refractivity contribution in [1.29, 1.82) is 0 Å². The molecule has 0 fully saturated rings. The molecule has 0 bridgehead atoms. The summed E-state index contributed by atoms with van der Waals surface area (Å²) >= 11 is 0. The summed E-state index contributed by atoms with van der Waals surface area (Å²) in [5.41, 5.74) is 5.73. The fraction of sp³-hybridized carbons (Fsp3) is 0.333. The summed E-state index contributed by atoms with van der Waals surface area (Å²) in [6.07, 6.45) is 0.874. The van der Waals surface area contributed by atoms with Crippen LogP contribution in [0.2, 0.25) is 0 Å². The standard InChI is InChI=1S/C12H14FNO3/c13-9-6-4-8(5-7-9)11(15)3-1-2-10(14)12(16)17/h4-7,10H,1-3,14H2,(H,16,17)/t10-/m0/s1. The van der Waals surface area contributed by atoms with Crippen molar-refractivity contribution in [2.75, 3.05) is 0 Å². The SMILES string of the molecule is N[C@@H](CCCC(=O)c1ccc(F)cc1)C(=O)O. The molecular formula is C12H14FNO3. The minimum atomic E-state index is -1.07. The Balaban J connectivity index is 2.40. The van der Waals surface area contributed by atoms with Crippen molar-refractivity contribution < 1.29 is 19.1 Å². The van der Waals surface area contributed by atoms with E-state index in [1.807, 2.05) is 0 Å². The lowest BCUT2D eigenvalue weighted by atomic mass is 10.0. The van der Waals surface area contributed by atoms with Gasteiger partial charge in [-0.3, -0.25) is 9.59 Å². The molecule has 1 aromatic rings. The maximum atomic E-state index is 12.6. The molecule has 4 nitrogen and oxygen atoms in total. The van der Waals surface area contributed by atoms with E-state index >= 15 is 0 Å². The van der Waals surface area contributed by atoms with E-state index in [-0.39, 0.29) is 18.6 Å². The normalized spacial score (nSPS) is 12.1. The molecule has 1 aromatic carbocycles. The van der Waals surface area contributed by atoms with Gasteiger partial charge in [-0.1, -0.05) is 0 Å². The molecule has 0 radical (unpaired) electrons. The maximum Gasteiger partial charge on any atom is 0.320 e. The molecule has 0 aliphatic carbocycles. The average molecular weight is 239 g/mol. The second kappa shape index (κ2) is 6.10. The molecule has 0 saturated heterocycles. The van der Waals surface area contributed by atoms with Crippen LogP contribution in [-0.2, 0) is 4.79 Å². The molecule has 1 atom stereocenters. The molecule has 0 spiro atoms. The Labute approximate surface area is 98.2 Å². The van der Waals surface area contributed by atoms with Gasteiger partial charge in [0.2, 0.25) is 0 Å². The highest BCUT2D eigenvalue weighted by atomic mass is 19.1. The third-order valence-corrected chi connectivity index (χ3v) is 2.40. The number of carboxylic acid groups (broad SMARTS) is 1. The van der Waals surface area contributed by atoms with Crippen LogP contribution in [0.5, 0.6) is 0 Å². The van der Waals surface area contributed by atoms with Crippen LogP contribution in [0, 0.1) is 5.82 Å². The molecular weight excluding hydrogens is 225 g/mol. The molecule has 3 N–H and O–H groups in total. The summed E-state index contributed by atoms with van der Waals surface area (Å²) in [5.74, 6) is -1.60. The lowest BCUT2D eigenvalue weighted by Crippen LogP contribution is -2.29. The van der Waals surface area contributed by atoms with Crippen LogP contribution in [0.3, 0.4) is 0 Å². The number of rotatable bonds is 6. The second-order valence-electron chi connectivity index (χ2n) is 3.77. The molecule has 0 heterocycles. The number of Topliss-reactive ketones (excluding diaryl/α,β-unsaturated/α-hetero) is 1. The predicted octanol–water partition coefficient (Wildman–Crippen LogP) is 1.59. The van der Waals surface area contributed by atoms with Crippen molar-refractivity contribution in [3.05, 3.63) is 35.6 Å².